The Morgan fingerprint density at radius 2 is 1.67 bits per heavy atom. The van der Waals surface area contributed by atoms with E-state index < -0.39 is 10.0 Å². The van der Waals surface area contributed by atoms with Crippen molar-refractivity contribution >= 4 is 15.9 Å². The van der Waals surface area contributed by atoms with Crippen molar-refractivity contribution in [2.24, 2.45) is 0 Å². The quantitative estimate of drug-likeness (QED) is 0.563. The molecule has 0 heterocycles. The zero-order valence-electron chi connectivity index (χ0n) is 17.9. The number of sulfonamides is 1. The number of benzene rings is 2. The van der Waals surface area contributed by atoms with Crippen LogP contribution in [0.5, 0.6) is 11.5 Å². The van der Waals surface area contributed by atoms with Crippen molar-refractivity contribution in [1.29, 1.82) is 0 Å². The zero-order valence-corrected chi connectivity index (χ0v) is 18.7. The molecule has 1 amide bonds. The summed E-state index contributed by atoms with van der Waals surface area (Å²) in [5.41, 5.74) is 1.13. The number of carbonyl (C=O) groups is 1. The first-order valence-electron chi connectivity index (χ1n) is 10.1. The van der Waals surface area contributed by atoms with E-state index in [1.807, 2.05) is 39.0 Å². The smallest absolute Gasteiger partial charge is 0.251 e. The van der Waals surface area contributed by atoms with Gasteiger partial charge in [0.1, 0.15) is 0 Å². The number of nitrogens with one attached hydrogen (secondary N) is 2. The van der Waals surface area contributed by atoms with Crippen LogP contribution >= 0.6 is 0 Å². The number of rotatable bonds is 11. The molecule has 0 aromatic heterocycles. The summed E-state index contributed by atoms with van der Waals surface area (Å²) < 4.78 is 37.8. The highest BCUT2D eigenvalue weighted by molar-refractivity contribution is 7.89. The first-order valence-corrected chi connectivity index (χ1v) is 11.5. The highest BCUT2D eigenvalue weighted by Crippen LogP contribution is 2.31. The average Bonchev–Trinajstić information content (AvgIpc) is 2.76. The molecule has 0 aliphatic rings. The Labute approximate surface area is 178 Å². The Morgan fingerprint density at radius 1 is 1.00 bits per heavy atom. The zero-order chi connectivity index (χ0) is 22.1. The molecule has 0 saturated carbocycles. The molecule has 2 aromatic rings. The summed E-state index contributed by atoms with van der Waals surface area (Å²) in [5.74, 6) is 0.960. The fourth-order valence-electron chi connectivity index (χ4n) is 2.74. The number of ether oxygens (including phenoxy) is 2. The molecule has 0 aliphatic heterocycles. The Balaban J connectivity index is 2.19. The van der Waals surface area contributed by atoms with Crippen LogP contribution in [0.3, 0.4) is 0 Å². The molecule has 164 valence electrons. The molecule has 2 aromatic carbocycles. The van der Waals surface area contributed by atoms with E-state index in [-0.39, 0.29) is 22.4 Å². The lowest BCUT2D eigenvalue weighted by Gasteiger charge is -2.18. The van der Waals surface area contributed by atoms with Crippen LogP contribution in [0.2, 0.25) is 0 Å². The van der Waals surface area contributed by atoms with Crippen LogP contribution in [0.4, 0.5) is 0 Å². The van der Waals surface area contributed by atoms with Crippen LogP contribution in [0.1, 0.15) is 55.6 Å². The summed E-state index contributed by atoms with van der Waals surface area (Å²) >= 11 is 0. The fourth-order valence-corrected chi connectivity index (χ4v) is 3.51. The Hall–Kier alpha value is -2.58. The minimum atomic E-state index is -3.62. The normalized spacial score (nSPS) is 12.3. The van der Waals surface area contributed by atoms with E-state index in [1.165, 1.54) is 19.2 Å². The van der Waals surface area contributed by atoms with Crippen LogP contribution in [0.25, 0.3) is 0 Å². The molecular formula is C22H30N2O5S. The maximum atomic E-state index is 12.7. The predicted molar refractivity (Wildman–Crippen MR) is 117 cm³/mol. The third-order valence-electron chi connectivity index (χ3n) is 4.41. The second kappa shape index (κ2) is 11.0. The van der Waals surface area contributed by atoms with Gasteiger partial charge in [-0.25, -0.2) is 13.1 Å². The van der Waals surface area contributed by atoms with Gasteiger partial charge in [-0.3, -0.25) is 4.79 Å². The topological polar surface area (TPSA) is 93.7 Å². The first kappa shape index (κ1) is 23.7. The molecule has 1 atom stereocenters. The summed E-state index contributed by atoms with van der Waals surface area (Å²) in [6, 6.07) is 11.2. The molecule has 7 nitrogen and oxygen atoms in total. The molecule has 0 bridgehead atoms. The molecule has 2 rings (SSSR count). The van der Waals surface area contributed by atoms with Crippen molar-refractivity contribution < 1.29 is 22.7 Å². The van der Waals surface area contributed by atoms with Gasteiger partial charge in [0.2, 0.25) is 10.0 Å². The Bertz CT molecular complexity index is 960. The lowest BCUT2D eigenvalue weighted by atomic mass is 10.1. The Kier molecular flexibility index (Phi) is 8.68. The summed E-state index contributed by atoms with van der Waals surface area (Å²) in [6.07, 6.45) is 1.76. The van der Waals surface area contributed by atoms with Crippen molar-refractivity contribution in [2.45, 2.75) is 44.6 Å². The molecule has 0 spiro atoms. The van der Waals surface area contributed by atoms with Gasteiger partial charge < -0.3 is 14.8 Å². The van der Waals surface area contributed by atoms with E-state index in [0.717, 1.165) is 18.4 Å². The number of hydrogen-bond donors (Lipinski definition) is 2. The van der Waals surface area contributed by atoms with Crippen LogP contribution in [-0.2, 0) is 10.0 Å². The van der Waals surface area contributed by atoms with Crippen molar-refractivity contribution in [2.75, 3.05) is 20.3 Å². The van der Waals surface area contributed by atoms with Crippen molar-refractivity contribution in [1.82, 2.24) is 10.0 Å². The van der Waals surface area contributed by atoms with E-state index in [2.05, 4.69) is 10.0 Å². The van der Waals surface area contributed by atoms with Crippen molar-refractivity contribution in [3.8, 4) is 11.5 Å². The third-order valence-corrected chi connectivity index (χ3v) is 5.83. The van der Waals surface area contributed by atoms with Gasteiger partial charge in [0.15, 0.2) is 11.5 Å². The highest BCUT2D eigenvalue weighted by atomic mass is 32.2. The second-order valence-corrected chi connectivity index (χ2v) is 8.72. The SMILES string of the molecule is CCCOc1ccc(C(C)NC(=O)c2cccc(S(=O)(=O)NC)c2)cc1OCCC. The molecule has 8 heteroatoms. The van der Waals surface area contributed by atoms with Gasteiger partial charge in [-0.1, -0.05) is 26.0 Å². The Morgan fingerprint density at radius 3 is 2.30 bits per heavy atom. The number of amides is 1. The van der Waals surface area contributed by atoms with Crippen molar-refractivity contribution in [3.63, 3.8) is 0 Å². The summed E-state index contributed by atoms with van der Waals surface area (Å²) in [4.78, 5) is 12.7. The van der Waals surface area contributed by atoms with Crippen LogP contribution in [-0.4, -0.2) is 34.6 Å². The first-order chi connectivity index (χ1) is 14.3. The summed E-state index contributed by atoms with van der Waals surface area (Å²) in [7, 11) is -2.29. The largest absolute Gasteiger partial charge is 0.490 e. The maximum absolute atomic E-state index is 12.7. The van der Waals surface area contributed by atoms with Crippen LogP contribution in [0.15, 0.2) is 47.4 Å². The van der Waals surface area contributed by atoms with Crippen LogP contribution in [0, 0.1) is 0 Å². The van der Waals surface area contributed by atoms with Gasteiger partial charge in [0.25, 0.3) is 5.91 Å². The van der Waals surface area contributed by atoms with Gasteiger partial charge in [0, 0.05) is 5.56 Å². The molecule has 0 fully saturated rings. The lowest BCUT2D eigenvalue weighted by Crippen LogP contribution is -2.27. The van der Waals surface area contributed by atoms with Gasteiger partial charge in [-0.2, -0.15) is 0 Å². The van der Waals surface area contributed by atoms with Crippen LogP contribution < -0.4 is 19.5 Å². The van der Waals surface area contributed by atoms with Gasteiger partial charge >= 0.3 is 0 Å². The molecule has 0 radical (unpaired) electrons. The lowest BCUT2D eigenvalue weighted by molar-refractivity contribution is 0.0939. The van der Waals surface area contributed by atoms with E-state index >= 15 is 0 Å². The molecule has 2 N–H and O–H groups in total. The predicted octanol–water partition coefficient (Wildman–Crippen LogP) is 3.66. The summed E-state index contributed by atoms with van der Waals surface area (Å²) in [6.45, 7) is 7.09. The highest BCUT2D eigenvalue weighted by Gasteiger charge is 2.17. The van der Waals surface area contributed by atoms with Gasteiger partial charge in [0.05, 0.1) is 24.2 Å². The fraction of sp³-hybridized carbons (Fsp3) is 0.409. The third kappa shape index (κ3) is 6.21. The monoisotopic (exact) mass is 434 g/mol. The minimum Gasteiger partial charge on any atom is -0.490 e. The molecular weight excluding hydrogens is 404 g/mol. The van der Waals surface area contributed by atoms with Crippen molar-refractivity contribution in [3.05, 3.63) is 53.6 Å². The molecule has 1 unspecified atom stereocenters. The summed E-state index contributed by atoms with van der Waals surface area (Å²) in [5, 5.41) is 2.90. The molecule has 0 saturated heterocycles. The van der Waals surface area contributed by atoms with E-state index in [9.17, 15) is 13.2 Å². The maximum Gasteiger partial charge on any atom is 0.251 e. The number of hydrogen-bond acceptors (Lipinski definition) is 5. The van der Waals surface area contributed by atoms with E-state index in [1.54, 1.807) is 12.1 Å². The van der Waals surface area contributed by atoms with Gasteiger partial charge in [-0.05, 0) is 62.7 Å². The number of carbonyl (C=O) groups excluding carboxylic acids is 1. The van der Waals surface area contributed by atoms with E-state index in [0.29, 0.717) is 24.7 Å². The van der Waals surface area contributed by atoms with Gasteiger partial charge in [-0.15, -0.1) is 0 Å². The molecule has 30 heavy (non-hydrogen) atoms. The molecule has 0 aliphatic carbocycles. The standard InChI is InChI=1S/C22H30N2O5S/c1-5-12-28-20-11-10-17(15-21(20)29-13-6-2)16(3)24-22(25)18-8-7-9-19(14-18)30(26,27)23-4/h7-11,14-16,23H,5-6,12-13H2,1-4H3,(H,24,25). The second-order valence-electron chi connectivity index (χ2n) is 6.83. The average molecular weight is 435 g/mol. The van der Waals surface area contributed by atoms with E-state index in [4.69, 9.17) is 9.47 Å². The minimum absolute atomic E-state index is 0.0398.